The van der Waals surface area contributed by atoms with Crippen molar-refractivity contribution in [3.8, 4) is 5.75 Å². The van der Waals surface area contributed by atoms with Crippen molar-refractivity contribution in [2.24, 2.45) is 0 Å². The molecule has 0 aliphatic carbocycles. The molecule has 1 amide bonds. The lowest BCUT2D eigenvalue weighted by atomic mass is 10.0. The van der Waals surface area contributed by atoms with Gasteiger partial charge < -0.3 is 14.4 Å². The topological polar surface area (TPSA) is 84.9 Å². The fourth-order valence-corrected chi connectivity index (χ4v) is 4.08. The number of rotatable bonds is 7. The van der Waals surface area contributed by atoms with Crippen molar-refractivity contribution >= 4 is 16.1 Å². The maximum atomic E-state index is 12.6. The molecule has 28 heavy (non-hydrogen) atoms. The maximum Gasteiger partial charge on any atom is 0.410 e. The predicted molar refractivity (Wildman–Crippen MR) is 105 cm³/mol. The van der Waals surface area contributed by atoms with Crippen molar-refractivity contribution in [3.63, 3.8) is 0 Å². The molecule has 0 saturated carbocycles. The Balaban J connectivity index is 1.61. The van der Waals surface area contributed by atoms with E-state index in [1.54, 1.807) is 24.0 Å². The molecule has 2 aromatic rings. The van der Waals surface area contributed by atoms with E-state index in [4.69, 9.17) is 9.47 Å². The van der Waals surface area contributed by atoms with Gasteiger partial charge in [0.25, 0.3) is 0 Å². The van der Waals surface area contributed by atoms with Gasteiger partial charge >= 0.3 is 6.09 Å². The third-order valence-corrected chi connectivity index (χ3v) is 5.89. The second kappa shape index (κ2) is 9.07. The average Bonchev–Trinajstić information content (AvgIpc) is 2.71. The molecule has 0 spiro atoms. The highest BCUT2D eigenvalue weighted by Crippen LogP contribution is 2.23. The van der Waals surface area contributed by atoms with E-state index in [1.807, 2.05) is 36.4 Å². The van der Waals surface area contributed by atoms with Crippen LogP contribution in [0.4, 0.5) is 4.79 Å². The van der Waals surface area contributed by atoms with Crippen LogP contribution in [-0.4, -0.2) is 45.7 Å². The molecule has 1 aliphatic heterocycles. The zero-order chi connectivity index (χ0) is 20.0. The molecule has 8 heteroatoms. The lowest BCUT2D eigenvalue weighted by Gasteiger charge is -2.28. The first-order valence-corrected chi connectivity index (χ1v) is 10.7. The van der Waals surface area contributed by atoms with Crippen LogP contribution in [0.1, 0.15) is 18.1 Å². The summed E-state index contributed by atoms with van der Waals surface area (Å²) >= 11 is 0. The predicted octanol–water partition coefficient (Wildman–Crippen LogP) is 2.56. The van der Waals surface area contributed by atoms with Gasteiger partial charge in [-0.2, -0.15) is 0 Å². The van der Waals surface area contributed by atoms with Gasteiger partial charge in [0.15, 0.2) is 0 Å². The normalized spacial score (nSPS) is 13.7. The van der Waals surface area contributed by atoms with Crippen molar-refractivity contribution in [1.29, 1.82) is 0 Å². The Hall–Kier alpha value is -2.58. The Morgan fingerprint density at radius 3 is 2.68 bits per heavy atom. The number of nitrogens with zero attached hydrogens (tertiary/aromatic N) is 1. The SMILES string of the molecule is CCOC(=O)N1CCc2ccc(S(=O)(=O)NCCOc3ccccc3)cc2C1. The maximum absolute atomic E-state index is 12.6. The van der Waals surface area contributed by atoms with Crippen LogP contribution in [0.5, 0.6) is 5.75 Å². The molecular formula is C20H24N2O5S. The first kappa shape index (κ1) is 20.2. The molecule has 0 radical (unpaired) electrons. The summed E-state index contributed by atoms with van der Waals surface area (Å²) in [5, 5.41) is 0. The molecule has 1 heterocycles. The fraction of sp³-hybridized carbons (Fsp3) is 0.350. The summed E-state index contributed by atoms with van der Waals surface area (Å²) in [4.78, 5) is 13.7. The largest absolute Gasteiger partial charge is 0.492 e. The number of para-hydroxylation sites is 1. The van der Waals surface area contributed by atoms with Crippen molar-refractivity contribution in [3.05, 3.63) is 59.7 Å². The molecule has 150 valence electrons. The number of amides is 1. The third kappa shape index (κ3) is 5.02. The number of carbonyl (C=O) groups is 1. The summed E-state index contributed by atoms with van der Waals surface area (Å²) in [5.41, 5.74) is 1.87. The van der Waals surface area contributed by atoms with Gasteiger partial charge in [-0.05, 0) is 48.7 Å². The number of sulfonamides is 1. The molecule has 1 aliphatic rings. The van der Waals surface area contributed by atoms with E-state index in [1.165, 1.54) is 0 Å². The minimum absolute atomic E-state index is 0.156. The van der Waals surface area contributed by atoms with Gasteiger partial charge in [-0.1, -0.05) is 24.3 Å². The highest BCUT2D eigenvalue weighted by atomic mass is 32.2. The van der Waals surface area contributed by atoms with Crippen LogP contribution < -0.4 is 9.46 Å². The average molecular weight is 404 g/mol. The zero-order valence-corrected chi connectivity index (χ0v) is 16.6. The van der Waals surface area contributed by atoms with Crippen molar-refractivity contribution in [2.45, 2.75) is 24.8 Å². The molecule has 0 fully saturated rings. The number of nitrogens with one attached hydrogen (secondary N) is 1. The molecule has 2 aromatic carbocycles. The third-order valence-electron chi connectivity index (χ3n) is 4.43. The summed E-state index contributed by atoms with van der Waals surface area (Å²) in [7, 11) is -3.66. The van der Waals surface area contributed by atoms with Crippen LogP contribution in [-0.2, 0) is 27.7 Å². The molecule has 0 atom stereocenters. The molecule has 0 aromatic heterocycles. The quantitative estimate of drug-likeness (QED) is 0.717. The Labute approximate surface area is 165 Å². The summed E-state index contributed by atoms with van der Waals surface area (Å²) in [6.07, 6.45) is 0.296. The Morgan fingerprint density at radius 1 is 1.14 bits per heavy atom. The minimum Gasteiger partial charge on any atom is -0.492 e. The van der Waals surface area contributed by atoms with Gasteiger partial charge in [0.1, 0.15) is 12.4 Å². The van der Waals surface area contributed by atoms with Gasteiger partial charge in [-0.25, -0.2) is 17.9 Å². The number of hydrogen-bond donors (Lipinski definition) is 1. The Kier molecular flexibility index (Phi) is 6.53. The lowest BCUT2D eigenvalue weighted by Crippen LogP contribution is -2.36. The molecule has 1 N–H and O–H groups in total. The van der Waals surface area contributed by atoms with E-state index in [2.05, 4.69) is 4.72 Å². The highest BCUT2D eigenvalue weighted by Gasteiger charge is 2.23. The number of carbonyl (C=O) groups excluding carboxylic acids is 1. The standard InChI is InChI=1S/C20H24N2O5S/c1-2-26-20(23)22-12-10-16-8-9-19(14-17(16)15-22)28(24,25)21-11-13-27-18-6-4-3-5-7-18/h3-9,14,21H,2,10-13,15H2,1H3. The highest BCUT2D eigenvalue weighted by molar-refractivity contribution is 7.89. The van der Waals surface area contributed by atoms with Gasteiger partial charge in [0, 0.05) is 19.6 Å². The summed E-state index contributed by atoms with van der Waals surface area (Å²) < 4.78 is 38.2. The van der Waals surface area contributed by atoms with Crippen LogP contribution in [0.15, 0.2) is 53.4 Å². The zero-order valence-electron chi connectivity index (χ0n) is 15.8. The van der Waals surface area contributed by atoms with Gasteiger partial charge in [-0.15, -0.1) is 0 Å². The second-order valence-electron chi connectivity index (χ2n) is 6.36. The van der Waals surface area contributed by atoms with E-state index in [0.29, 0.717) is 31.9 Å². The van der Waals surface area contributed by atoms with E-state index < -0.39 is 10.0 Å². The molecule has 0 bridgehead atoms. The molecule has 0 unspecified atom stereocenters. The number of benzene rings is 2. The van der Waals surface area contributed by atoms with Crippen LogP contribution in [0.25, 0.3) is 0 Å². The Morgan fingerprint density at radius 2 is 1.93 bits per heavy atom. The van der Waals surface area contributed by atoms with Crippen molar-refractivity contribution < 1.29 is 22.7 Å². The Bertz CT molecular complexity index is 915. The number of fused-ring (bicyclic) bond motifs is 1. The van der Waals surface area contributed by atoms with Crippen LogP contribution in [0.3, 0.4) is 0 Å². The summed E-state index contributed by atoms with van der Waals surface area (Å²) in [6.45, 7) is 3.36. The van der Waals surface area contributed by atoms with Gasteiger partial charge in [-0.3, -0.25) is 0 Å². The van der Waals surface area contributed by atoms with Crippen LogP contribution in [0, 0.1) is 0 Å². The fourth-order valence-electron chi connectivity index (χ4n) is 3.02. The van der Waals surface area contributed by atoms with Gasteiger partial charge in [0.2, 0.25) is 10.0 Å². The summed E-state index contributed by atoms with van der Waals surface area (Å²) in [6, 6.07) is 14.3. The molecule has 0 saturated heterocycles. The molecule has 3 rings (SSSR count). The first-order valence-electron chi connectivity index (χ1n) is 9.20. The van der Waals surface area contributed by atoms with Crippen molar-refractivity contribution in [2.75, 3.05) is 26.3 Å². The molecular weight excluding hydrogens is 380 g/mol. The van der Waals surface area contributed by atoms with E-state index >= 15 is 0 Å². The number of ether oxygens (including phenoxy) is 2. The second-order valence-corrected chi connectivity index (χ2v) is 8.13. The van der Waals surface area contributed by atoms with Crippen molar-refractivity contribution in [1.82, 2.24) is 9.62 Å². The molecule has 7 nitrogen and oxygen atoms in total. The van der Waals surface area contributed by atoms with E-state index in [9.17, 15) is 13.2 Å². The minimum atomic E-state index is -3.66. The first-order chi connectivity index (χ1) is 13.5. The monoisotopic (exact) mass is 404 g/mol. The number of hydrogen-bond acceptors (Lipinski definition) is 5. The van der Waals surface area contributed by atoms with E-state index in [-0.39, 0.29) is 24.1 Å². The van der Waals surface area contributed by atoms with E-state index in [0.717, 1.165) is 11.1 Å². The lowest BCUT2D eigenvalue weighted by molar-refractivity contribution is 0.102. The van der Waals surface area contributed by atoms with Gasteiger partial charge in [0.05, 0.1) is 11.5 Å². The van der Waals surface area contributed by atoms with Crippen LogP contribution in [0.2, 0.25) is 0 Å². The summed E-state index contributed by atoms with van der Waals surface area (Å²) in [5.74, 6) is 0.689. The van der Waals surface area contributed by atoms with Crippen LogP contribution >= 0.6 is 0 Å². The smallest absolute Gasteiger partial charge is 0.410 e.